The Bertz CT molecular complexity index is 2150. The molecular weight excluding hydrogens is 882 g/mol. The summed E-state index contributed by atoms with van der Waals surface area (Å²) in [4.78, 5) is 0. The van der Waals surface area contributed by atoms with Gasteiger partial charge in [-0.3, -0.25) is 0 Å². The molecular formula is C54H63ClOZr2. The Morgan fingerprint density at radius 2 is 0.879 bits per heavy atom. The molecule has 0 radical (unpaired) electrons. The van der Waals surface area contributed by atoms with E-state index in [1.54, 1.807) is 22.3 Å². The molecule has 2 unspecified atom stereocenters. The summed E-state index contributed by atoms with van der Waals surface area (Å²) < 4.78 is 4.29. The van der Waals surface area contributed by atoms with Crippen LogP contribution in [0.15, 0.2) is 114 Å². The Morgan fingerprint density at radius 3 is 1.17 bits per heavy atom. The van der Waals surface area contributed by atoms with Crippen molar-refractivity contribution in [1.82, 2.24) is 0 Å². The SMILES string of the molecule is CC(C)C1=Cc2c(-c3ccc(C(C)(C)C)cc3)cccc2[CH]1[Zr]1([CH]2C(C(C)C)=Cc3c(-c4ccc(C(C)(C)C)cc4)cccc32)[CH2][CH2]1.Cc1cccc(C)c1[O-].[Cl-].[Zr+2]. The van der Waals surface area contributed by atoms with E-state index in [9.17, 15) is 5.11 Å². The third kappa shape index (κ3) is 8.91. The van der Waals surface area contributed by atoms with Crippen LogP contribution in [0.2, 0.25) is 8.26 Å². The number of para-hydroxylation sites is 1. The second kappa shape index (κ2) is 17.8. The first-order chi connectivity index (χ1) is 26.4. The summed E-state index contributed by atoms with van der Waals surface area (Å²) in [6.07, 6.45) is 5.30. The van der Waals surface area contributed by atoms with Crippen LogP contribution in [0.1, 0.15) is 121 Å². The molecule has 300 valence electrons. The van der Waals surface area contributed by atoms with Crippen molar-refractivity contribution >= 4 is 12.2 Å². The molecule has 58 heavy (non-hydrogen) atoms. The van der Waals surface area contributed by atoms with Crippen LogP contribution in [0.25, 0.3) is 34.4 Å². The minimum atomic E-state index is -2.82. The molecule has 0 spiro atoms. The molecule has 8 rings (SSSR count). The zero-order valence-corrected chi connectivity index (χ0v) is 42.7. The van der Waals surface area contributed by atoms with Gasteiger partial charge in [0, 0.05) is 0 Å². The molecule has 5 aromatic carbocycles. The fourth-order valence-electron chi connectivity index (χ4n) is 9.62. The van der Waals surface area contributed by atoms with Gasteiger partial charge in [-0.2, -0.15) is 0 Å². The van der Waals surface area contributed by atoms with Crippen molar-refractivity contribution in [3.63, 3.8) is 0 Å². The summed E-state index contributed by atoms with van der Waals surface area (Å²) in [6, 6.07) is 38.9. The van der Waals surface area contributed by atoms with Gasteiger partial charge >= 0.3 is 318 Å². The summed E-state index contributed by atoms with van der Waals surface area (Å²) in [5, 5.41) is 11.0. The van der Waals surface area contributed by atoms with E-state index in [1.165, 1.54) is 52.8 Å². The van der Waals surface area contributed by atoms with Gasteiger partial charge in [-0.25, -0.2) is 0 Å². The quantitative estimate of drug-likeness (QED) is 0.166. The second-order valence-electron chi connectivity index (χ2n) is 19.7. The first-order valence-corrected chi connectivity index (χ1v) is 27.4. The Morgan fingerprint density at radius 1 is 0.534 bits per heavy atom. The largest absolute Gasteiger partial charge is 2.00 e. The predicted octanol–water partition coefficient (Wildman–Crippen LogP) is 11.9. The van der Waals surface area contributed by atoms with Crippen LogP contribution in [-0.4, -0.2) is 0 Å². The standard InChI is InChI=1S/2C22H25.C8H10O.C2H4.ClH.2Zr/c2*1-15(2)18-13-17-7-6-8-20(21(17)14-18)16-9-11-19(12-10-16)22(3,4)5;1-6-4-3-5-7(2)8(6)9;1-2;;;/h2*6-15H,1-5H3;3-5,9H,1-2H3;1-2H2;1H;;/q;;;;;;+2/p-2. The molecule has 1 aliphatic heterocycles. The van der Waals surface area contributed by atoms with E-state index in [1.807, 2.05) is 32.0 Å². The molecule has 0 bridgehead atoms. The van der Waals surface area contributed by atoms with Crippen molar-refractivity contribution in [2.24, 2.45) is 11.8 Å². The van der Waals surface area contributed by atoms with E-state index in [2.05, 4.69) is 166 Å². The van der Waals surface area contributed by atoms with E-state index in [-0.39, 0.29) is 55.2 Å². The zero-order chi connectivity index (χ0) is 40.3. The number of hydrogen-bond donors (Lipinski definition) is 0. The van der Waals surface area contributed by atoms with Crippen LogP contribution >= 0.6 is 0 Å². The first-order valence-electron chi connectivity index (χ1n) is 21.1. The van der Waals surface area contributed by atoms with Crippen molar-refractivity contribution in [3.8, 4) is 28.0 Å². The smallest absolute Gasteiger partial charge is 1.00 e. The molecule has 0 amide bonds. The topological polar surface area (TPSA) is 23.1 Å². The van der Waals surface area contributed by atoms with E-state index >= 15 is 0 Å². The van der Waals surface area contributed by atoms with E-state index in [4.69, 9.17) is 0 Å². The minimum Gasteiger partial charge on any atom is -1.00 e. The summed E-state index contributed by atoms with van der Waals surface area (Å²) in [7, 11) is 0. The summed E-state index contributed by atoms with van der Waals surface area (Å²) in [6.45, 7) is 27.3. The molecule has 1 fully saturated rings. The summed E-state index contributed by atoms with van der Waals surface area (Å²) >= 11 is -2.82. The van der Waals surface area contributed by atoms with Crippen molar-refractivity contribution < 1.29 is 64.0 Å². The van der Waals surface area contributed by atoms with Crippen molar-refractivity contribution in [1.29, 1.82) is 0 Å². The first kappa shape index (κ1) is 46.5. The van der Waals surface area contributed by atoms with Crippen molar-refractivity contribution in [2.75, 3.05) is 0 Å². The van der Waals surface area contributed by atoms with Crippen molar-refractivity contribution in [3.05, 3.63) is 159 Å². The van der Waals surface area contributed by atoms with E-state index < -0.39 is 20.3 Å². The van der Waals surface area contributed by atoms with Gasteiger partial charge in [0.2, 0.25) is 0 Å². The van der Waals surface area contributed by atoms with Crippen molar-refractivity contribution in [2.45, 2.75) is 109 Å². The van der Waals surface area contributed by atoms with Crippen LogP contribution in [-0.2, 0) is 57.3 Å². The molecule has 2 aliphatic carbocycles. The maximum atomic E-state index is 11.0. The Hall–Kier alpha value is -2.56. The van der Waals surface area contributed by atoms with E-state index in [0.717, 1.165) is 11.1 Å². The predicted molar refractivity (Wildman–Crippen MR) is 237 cm³/mol. The van der Waals surface area contributed by atoms with Gasteiger partial charge in [0.25, 0.3) is 0 Å². The molecule has 1 saturated heterocycles. The van der Waals surface area contributed by atoms with Gasteiger partial charge in [0.05, 0.1) is 0 Å². The fourth-order valence-corrected chi connectivity index (χ4v) is 27.8. The molecule has 5 aromatic rings. The van der Waals surface area contributed by atoms with Crippen LogP contribution in [0.3, 0.4) is 0 Å². The van der Waals surface area contributed by atoms with Gasteiger partial charge in [-0.15, -0.1) is 5.75 Å². The van der Waals surface area contributed by atoms with Crippen LogP contribution in [0.4, 0.5) is 0 Å². The maximum Gasteiger partial charge on any atom is 2.00 e. The number of benzene rings is 5. The molecule has 3 aliphatic rings. The number of allylic oxidation sites excluding steroid dienone is 2. The summed E-state index contributed by atoms with van der Waals surface area (Å²) in [5.74, 6) is 1.27. The number of aryl methyl sites for hydroxylation is 2. The number of rotatable bonds is 6. The molecule has 1 nitrogen and oxygen atoms in total. The van der Waals surface area contributed by atoms with Gasteiger partial charge in [0.1, 0.15) is 0 Å². The molecule has 1 heterocycles. The van der Waals surface area contributed by atoms with Gasteiger partial charge in [-0.05, 0) is 13.8 Å². The third-order valence-electron chi connectivity index (χ3n) is 13.0. The third-order valence-corrected chi connectivity index (χ3v) is 25.9. The number of halogens is 1. The second-order valence-corrected chi connectivity index (χ2v) is 31.0. The molecule has 0 aromatic heterocycles. The number of hydrogen-bond acceptors (Lipinski definition) is 1. The van der Waals surface area contributed by atoms with Crippen LogP contribution in [0.5, 0.6) is 5.75 Å². The summed E-state index contributed by atoms with van der Waals surface area (Å²) in [5.41, 5.74) is 20.1. The molecule has 0 N–H and O–H groups in total. The van der Waals surface area contributed by atoms with Gasteiger partial charge in [-0.1, -0.05) is 29.3 Å². The zero-order valence-electron chi connectivity index (χ0n) is 37.0. The fraction of sp³-hybridized carbons (Fsp3) is 0.370. The Labute approximate surface area is 380 Å². The van der Waals surface area contributed by atoms with Gasteiger partial charge in [0.15, 0.2) is 0 Å². The van der Waals surface area contributed by atoms with Crippen LogP contribution in [0, 0.1) is 25.7 Å². The van der Waals surface area contributed by atoms with Crippen LogP contribution < -0.4 is 17.5 Å². The normalized spacial score (nSPS) is 17.6. The molecule has 2 atom stereocenters. The average Bonchev–Trinajstić information content (AvgIpc) is 3.66. The monoisotopic (exact) mass is 942 g/mol. The van der Waals surface area contributed by atoms with E-state index in [0.29, 0.717) is 19.1 Å². The maximum absolute atomic E-state index is 11.0. The Balaban J connectivity index is 0.000000517. The average molecular weight is 946 g/mol. The minimum absolute atomic E-state index is 0. The molecule has 4 heteroatoms. The van der Waals surface area contributed by atoms with Gasteiger partial charge < -0.3 is 17.5 Å². The Kier molecular flexibility index (Phi) is 14.3. The number of fused-ring (bicyclic) bond motifs is 2. The molecule has 0 saturated carbocycles.